The Morgan fingerprint density at radius 3 is 0.514 bits per heavy atom. The van der Waals surface area contributed by atoms with E-state index >= 15 is 0 Å². The molecule has 0 atom stereocenters. The monoisotopic (exact) mass is 978 g/mol. The van der Waals surface area contributed by atoms with E-state index in [1.807, 2.05) is 0 Å². The first-order valence-electron chi connectivity index (χ1n) is 25.4. The van der Waals surface area contributed by atoms with Crippen molar-refractivity contribution in [2.24, 2.45) is 0 Å². The van der Waals surface area contributed by atoms with Gasteiger partial charge in [0.15, 0.2) is 0 Å². The van der Waals surface area contributed by atoms with E-state index in [0.717, 1.165) is 116 Å². The maximum absolute atomic E-state index is 9.69. The quantitative estimate of drug-likeness (QED) is 0.0650. The Hall–Kier alpha value is -8.85. The van der Waals surface area contributed by atoms with Crippen molar-refractivity contribution in [1.82, 2.24) is 0 Å². The van der Waals surface area contributed by atoms with Gasteiger partial charge in [0.1, 0.15) is 0 Å². The van der Waals surface area contributed by atoms with Crippen molar-refractivity contribution in [3.63, 3.8) is 0 Å². The topological polar surface area (TPSA) is 0 Å². The van der Waals surface area contributed by atoms with E-state index in [1.54, 1.807) is 0 Å². The number of rotatable bonds is 12. The van der Waals surface area contributed by atoms with Crippen molar-refractivity contribution in [3.05, 3.63) is 309 Å². The molecule has 0 aliphatic rings. The maximum Gasteiger partial charge on any atom is 0.249 e. The third kappa shape index (κ3) is 8.63. The molecular weight excluding hydrogens is 928 g/mol. The summed E-state index contributed by atoms with van der Waals surface area (Å²) in [5, 5.41) is 3.32. The molecule has 0 saturated heterocycles. The highest BCUT2D eigenvalue weighted by molar-refractivity contribution is 7.41. The molecule has 12 aromatic carbocycles. The minimum Gasteiger partial charge on any atom is -0.149 e. The first kappa shape index (κ1) is 46.2. The summed E-state index contributed by atoms with van der Waals surface area (Å²) in [5.74, 6) is 0. The van der Waals surface area contributed by atoms with Gasteiger partial charge in [-0.2, -0.15) is 0 Å². The van der Waals surface area contributed by atoms with Crippen LogP contribution in [0.25, 0.3) is 100 Å². The number of halogens is 1. The van der Waals surface area contributed by atoms with E-state index in [-0.39, 0.29) is 0 Å². The van der Waals surface area contributed by atoms with Crippen LogP contribution in [0.2, 0.25) is 0 Å². The summed E-state index contributed by atoms with van der Waals surface area (Å²) in [7, 11) is -3.95. The van der Waals surface area contributed by atoms with E-state index in [9.17, 15) is 11.1 Å². The van der Waals surface area contributed by atoms with Gasteiger partial charge in [0, 0.05) is 0 Å². The highest BCUT2D eigenvalue weighted by Crippen LogP contribution is 2.46. The van der Waals surface area contributed by atoms with Crippen LogP contribution in [-0.4, -0.2) is 7.38 Å². The van der Waals surface area contributed by atoms with Gasteiger partial charge in [0.2, 0.25) is 7.38 Å². The Labute approximate surface area is 440 Å². The van der Waals surface area contributed by atoms with Gasteiger partial charge < -0.3 is 0 Å². The zero-order chi connectivity index (χ0) is 49.7. The van der Waals surface area contributed by atoms with E-state index in [0.29, 0.717) is 0 Å². The predicted molar refractivity (Wildman–Crippen MR) is 319 cm³/mol. The second-order valence-corrected chi connectivity index (χ2v) is 23.3. The Morgan fingerprint density at radius 1 is 0.162 bits per heavy atom. The molecule has 0 bridgehead atoms. The summed E-state index contributed by atoms with van der Waals surface area (Å²) >= 11 is 9.69. The molecule has 0 unspecified atom stereocenters. The molecule has 0 nitrogen and oxygen atoms in total. The molecule has 0 heterocycles. The van der Waals surface area contributed by atoms with Gasteiger partial charge in [0.25, 0.3) is 0 Å². The van der Waals surface area contributed by atoms with Crippen molar-refractivity contribution < 1.29 is 0 Å². The molecular formula is C72H51ClSi. The normalized spacial score (nSPS) is 11.3. The van der Waals surface area contributed by atoms with Crippen LogP contribution in [0.1, 0.15) is 0 Å². The lowest BCUT2D eigenvalue weighted by Gasteiger charge is -2.36. The predicted octanol–water partition coefficient (Wildman–Crippen LogP) is 17.9. The molecule has 0 aromatic heterocycles. The number of benzene rings is 12. The van der Waals surface area contributed by atoms with E-state index < -0.39 is 7.38 Å². The van der Waals surface area contributed by atoms with Gasteiger partial charge in [-0.25, -0.2) is 0 Å². The molecule has 2 heteroatoms. The second kappa shape index (κ2) is 20.7. The summed E-state index contributed by atoms with van der Waals surface area (Å²) in [6.45, 7) is 0. The van der Waals surface area contributed by atoms with E-state index in [4.69, 9.17) is 0 Å². The molecule has 0 aliphatic heterocycles. The zero-order valence-corrected chi connectivity index (χ0v) is 42.6. The maximum atomic E-state index is 9.69. The van der Waals surface area contributed by atoms with Gasteiger partial charge in [-0.15, -0.1) is 11.1 Å². The van der Waals surface area contributed by atoms with Gasteiger partial charge in [-0.3, -0.25) is 0 Å². The molecule has 0 fully saturated rings. The zero-order valence-electron chi connectivity index (χ0n) is 40.8. The molecule has 0 N–H and O–H groups in total. The first-order chi connectivity index (χ1) is 36.7. The molecule has 74 heavy (non-hydrogen) atoms. The third-order valence-corrected chi connectivity index (χ3v) is 19.7. The van der Waals surface area contributed by atoms with Crippen LogP contribution in [0.5, 0.6) is 0 Å². The molecule has 0 spiro atoms. The molecule has 12 aromatic rings. The molecule has 0 saturated carbocycles. The number of hydrogen-bond acceptors (Lipinski definition) is 0. The van der Waals surface area contributed by atoms with Crippen molar-refractivity contribution in [3.8, 4) is 100 Å². The molecule has 350 valence electrons. The average molecular weight is 980 g/mol. The highest BCUT2D eigenvalue weighted by Gasteiger charge is 2.46. The van der Waals surface area contributed by atoms with Gasteiger partial charge in [-0.1, -0.05) is 309 Å². The van der Waals surface area contributed by atoms with Crippen molar-refractivity contribution in [1.29, 1.82) is 0 Å². The largest absolute Gasteiger partial charge is 0.249 e. The van der Waals surface area contributed by atoms with Crippen molar-refractivity contribution >= 4 is 34.0 Å². The third-order valence-electron chi connectivity index (χ3n) is 14.4. The van der Waals surface area contributed by atoms with Crippen molar-refractivity contribution in [2.75, 3.05) is 0 Å². The Balaban J connectivity index is 1.34. The van der Waals surface area contributed by atoms with Crippen LogP contribution in [0.15, 0.2) is 309 Å². The van der Waals surface area contributed by atoms with Gasteiger partial charge in [0.05, 0.1) is 0 Å². The van der Waals surface area contributed by atoms with E-state index in [1.165, 1.54) is 0 Å². The van der Waals surface area contributed by atoms with Crippen LogP contribution in [0.3, 0.4) is 0 Å². The lowest BCUT2D eigenvalue weighted by atomic mass is 9.87. The molecule has 0 aliphatic carbocycles. The smallest absolute Gasteiger partial charge is 0.149 e. The summed E-state index contributed by atoms with van der Waals surface area (Å²) in [6, 6.07) is 112. The number of hydrogen-bond donors (Lipinski definition) is 0. The summed E-state index contributed by atoms with van der Waals surface area (Å²) in [4.78, 5) is 0. The minimum atomic E-state index is -3.95. The fraction of sp³-hybridized carbons (Fsp3) is 0. The van der Waals surface area contributed by atoms with Crippen molar-refractivity contribution in [2.45, 2.75) is 0 Å². The van der Waals surface area contributed by atoms with Crippen LogP contribution in [0, 0.1) is 0 Å². The van der Waals surface area contributed by atoms with Gasteiger partial charge >= 0.3 is 0 Å². The Bertz CT molecular complexity index is 3420. The van der Waals surface area contributed by atoms with Crippen LogP contribution >= 0.6 is 11.1 Å². The molecule has 12 rings (SSSR count). The molecule has 0 radical (unpaired) electrons. The molecule has 0 amide bonds. The lowest BCUT2D eigenvalue weighted by molar-refractivity contribution is 1.55. The second-order valence-electron chi connectivity index (χ2n) is 18.7. The Morgan fingerprint density at radius 2 is 0.324 bits per heavy atom. The van der Waals surface area contributed by atoms with Crippen LogP contribution < -0.4 is 15.6 Å². The Kier molecular flexibility index (Phi) is 12.9. The fourth-order valence-corrected chi connectivity index (χ4v) is 16.2. The minimum absolute atomic E-state index is 1.10. The lowest BCUT2D eigenvalue weighted by Crippen LogP contribution is -2.64. The average Bonchev–Trinajstić information content (AvgIpc) is 3.53. The van der Waals surface area contributed by atoms with E-state index in [2.05, 4.69) is 309 Å². The highest BCUT2D eigenvalue weighted by atomic mass is 35.6. The van der Waals surface area contributed by atoms with Crippen LogP contribution in [0.4, 0.5) is 0 Å². The summed E-state index contributed by atoms with van der Waals surface area (Å²) in [6.07, 6.45) is 0. The SMILES string of the molecule is Cl[Si](c1ccc(-c2ccccc2)c(-c2ccccc2)c1-c1ccccc1)(c1ccc(-c2ccccc2)c(-c2ccccc2)c1-c1ccccc1)c1ccc(-c2ccccc2)c(-c2ccccc2)c1-c1ccccc1. The van der Waals surface area contributed by atoms with Gasteiger partial charge in [-0.05, 0) is 116 Å². The fourth-order valence-electron chi connectivity index (χ4n) is 11.1. The summed E-state index contributed by atoms with van der Waals surface area (Å²) in [5.41, 5.74) is 20.4. The summed E-state index contributed by atoms with van der Waals surface area (Å²) < 4.78 is 0. The first-order valence-corrected chi connectivity index (χ1v) is 28.4. The standard InChI is InChI=1S/C72H51ClSi/c73-74(64-49-46-61(52-28-10-1-11-29-52)67(55-34-16-4-17-35-55)70(64)58-40-22-7-23-41-58,65-50-47-62(53-30-12-2-13-31-53)68(56-36-18-5-19-37-56)71(65)59-42-24-8-25-43-59)66-51-48-63(54-32-14-3-15-33-54)69(57-38-20-6-21-39-57)72(66)60-44-26-9-27-45-60/h1-51H. The van der Waals surface area contributed by atoms with Crippen LogP contribution in [-0.2, 0) is 0 Å².